The van der Waals surface area contributed by atoms with E-state index in [2.05, 4.69) is 19.8 Å². The highest BCUT2D eigenvalue weighted by Gasteiger charge is 2.30. The van der Waals surface area contributed by atoms with Crippen LogP contribution in [-0.2, 0) is 23.1 Å². The SMILES string of the molecule is CNS(=O)(=O)c1ccc(CNC(N)=NCc2ccc(OC(F)(F)F)cc2)cc1.I. The minimum atomic E-state index is -4.73. The molecule has 2 aromatic carbocycles. The van der Waals surface area contributed by atoms with Gasteiger partial charge in [0.1, 0.15) is 5.75 Å². The fourth-order valence-corrected chi connectivity index (χ4v) is 2.86. The van der Waals surface area contributed by atoms with Crippen LogP contribution in [-0.4, -0.2) is 27.8 Å². The first kappa shape index (κ1) is 25.0. The molecule has 0 aliphatic carbocycles. The van der Waals surface area contributed by atoms with Crippen molar-refractivity contribution in [3.63, 3.8) is 0 Å². The van der Waals surface area contributed by atoms with Crippen LogP contribution in [0.1, 0.15) is 11.1 Å². The van der Waals surface area contributed by atoms with E-state index in [1.165, 1.54) is 43.4 Å². The number of aliphatic imine (C=N–C) groups is 1. The molecule has 0 saturated carbocycles. The molecule has 0 amide bonds. The van der Waals surface area contributed by atoms with Gasteiger partial charge in [-0.15, -0.1) is 37.1 Å². The zero-order valence-electron chi connectivity index (χ0n) is 15.2. The number of nitrogens with zero attached hydrogens (tertiary/aromatic N) is 1. The topological polar surface area (TPSA) is 106 Å². The Balaban J connectivity index is 0.00000420. The zero-order chi connectivity index (χ0) is 20.8. The maximum absolute atomic E-state index is 12.1. The molecule has 0 fully saturated rings. The van der Waals surface area contributed by atoms with E-state index in [1.807, 2.05) is 0 Å². The first-order chi connectivity index (χ1) is 13.1. The van der Waals surface area contributed by atoms with E-state index in [1.54, 1.807) is 12.1 Å². The first-order valence-electron chi connectivity index (χ1n) is 8.00. The molecule has 29 heavy (non-hydrogen) atoms. The summed E-state index contributed by atoms with van der Waals surface area (Å²) in [7, 11) is -2.16. The maximum Gasteiger partial charge on any atom is 0.573 e. The Kier molecular flexibility index (Phi) is 9.16. The second-order valence-corrected chi connectivity index (χ2v) is 7.48. The average Bonchev–Trinajstić information content (AvgIpc) is 2.65. The average molecular weight is 544 g/mol. The molecular weight excluding hydrogens is 524 g/mol. The number of sulfonamides is 1. The monoisotopic (exact) mass is 544 g/mol. The van der Waals surface area contributed by atoms with Crippen molar-refractivity contribution in [1.82, 2.24) is 10.0 Å². The van der Waals surface area contributed by atoms with Gasteiger partial charge in [-0.3, -0.25) is 0 Å². The Labute approximate surface area is 183 Å². The summed E-state index contributed by atoms with van der Waals surface area (Å²) >= 11 is 0. The lowest BCUT2D eigenvalue weighted by Gasteiger charge is -2.09. The van der Waals surface area contributed by atoms with E-state index < -0.39 is 16.4 Å². The van der Waals surface area contributed by atoms with Gasteiger partial charge in [0, 0.05) is 6.54 Å². The summed E-state index contributed by atoms with van der Waals surface area (Å²) in [6.45, 7) is 0.498. The molecule has 0 aliphatic rings. The van der Waals surface area contributed by atoms with Gasteiger partial charge in [-0.1, -0.05) is 24.3 Å². The first-order valence-corrected chi connectivity index (χ1v) is 9.48. The van der Waals surface area contributed by atoms with E-state index >= 15 is 0 Å². The molecule has 0 bridgehead atoms. The molecule has 12 heteroatoms. The largest absolute Gasteiger partial charge is 0.573 e. The van der Waals surface area contributed by atoms with E-state index in [0.717, 1.165) is 5.56 Å². The van der Waals surface area contributed by atoms with Crippen molar-refractivity contribution in [2.24, 2.45) is 10.7 Å². The van der Waals surface area contributed by atoms with E-state index in [9.17, 15) is 21.6 Å². The lowest BCUT2D eigenvalue weighted by atomic mass is 10.2. The van der Waals surface area contributed by atoms with Gasteiger partial charge in [0.2, 0.25) is 10.0 Å². The number of hydrogen-bond donors (Lipinski definition) is 3. The van der Waals surface area contributed by atoms with Crippen LogP contribution >= 0.6 is 24.0 Å². The predicted octanol–water partition coefficient (Wildman–Crippen LogP) is 2.72. The van der Waals surface area contributed by atoms with E-state index in [-0.39, 0.29) is 47.1 Å². The highest BCUT2D eigenvalue weighted by molar-refractivity contribution is 14.0. The number of ether oxygens (including phenoxy) is 1. The highest BCUT2D eigenvalue weighted by Crippen LogP contribution is 2.22. The summed E-state index contributed by atoms with van der Waals surface area (Å²) in [5, 5.41) is 2.87. The summed E-state index contributed by atoms with van der Waals surface area (Å²) in [6, 6.07) is 11.5. The van der Waals surface area contributed by atoms with Crippen LogP contribution in [0.2, 0.25) is 0 Å². The molecule has 0 atom stereocenters. The lowest BCUT2D eigenvalue weighted by Crippen LogP contribution is -2.31. The van der Waals surface area contributed by atoms with Crippen LogP contribution in [0, 0.1) is 0 Å². The number of guanidine groups is 1. The fourth-order valence-electron chi connectivity index (χ4n) is 2.13. The molecule has 4 N–H and O–H groups in total. The molecule has 160 valence electrons. The molecule has 2 aromatic rings. The molecule has 0 spiro atoms. The number of nitrogens with two attached hydrogens (primary N) is 1. The number of nitrogens with one attached hydrogen (secondary N) is 2. The van der Waals surface area contributed by atoms with Gasteiger partial charge in [-0.25, -0.2) is 18.1 Å². The Hall–Kier alpha value is -2.06. The number of hydrogen-bond acceptors (Lipinski definition) is 4. The zero-order valence-corrected chi connectivity index (χ0v) is 18.4. The molecule has 2 rings (SSSR count). The van der Waals surface area contributed by atoms with Crippen molar-refractivity contribution in [2.75, 3.05) is 7.05 Å². The quantitative estimate of drug-likeness (QED) is 0.283. The summed E-state index contributed by atoms with van der Waals surface area (Å²) in [4.78, 5) is 4.25. The molecule has 0 radical (unpaired) electrons. The third kappa shape index (κ3) is 8.45. The van der Waals surface area contributed by atoms with Crippen molar-refractivity contribution in [3.8, 4) is 5.75 Å². The Bertz CT molecular complexity index is 918. The van der Waals surface area contributed by atoms with Crippen LogP contribution in [0.25, 0.3) is 0 Å². The number of rotatable bonds is 7. The van der Waals surface area contributed by atoms with Gasteiger partial charge in [-0.2, -0.15) is 0 Å². The third-order valence-corrected chi connectivity index (χ3v) is 5.00. The third-order valence-electron chi connectivity index (χ3n) is 3.56. The van der Waals surface area contributed by atoms with Crippen LogP contribution in [0.5, 0.6) is 5.75 Å². The van der Waals surface area contributed by atoms with E-state index in [0.29, 0.717) is 12.1 Å². The van der Waals surface area contributed by atoms with Crippen molar-refractivity contribution < 1.29 is 26.3 Å². The molecule has 7 nitrogen and oxygen atoms in total. The van der Waals surface area contributed by atoms with Gasteiger partial charge in [0.15, 0.2) is 5.96 Å². The summed E-state index contributed by atoms with van der Waals surface area (Å²) in [6.07, 6.45) is -4.73. The standard InChI is InChI=1S/C17H19F3N4O3S.HI/c1-22-28(25,26)15-8-4-13(5-9-15)11-24-16(21)23-10-12-2-6-14(7-3-12)27-17(18,19)20;/h2-9,22H,10-11H2,1H3,(H3,21,23,24);1H. The van der Waals surface area contributed by atoms with Crippen molar-refractivity contribution in [1.29, 1.82) is 0 Å². The summed E-state index contributed by atoms with van der Waals surface area (Å²) < 4.78 is 65.7. The van der Waals surface area contributed by atoms with Crippen molar-refractivity contribution in [3.05, 3.63) is 59.7 Å². The van der Waals surface area contributed by atoms with Gasteiger partial charge in [-0.05, 0) is 42.4 Å². The van der Waals surface area contributed by atoms with Gasteiger partial charge in [0.25, 0.3) is 0 Å². The smallest absolute Gasteiger partial charge is 0.406 e. The molecule has 0 unspecified atom stereocenters. The van der Waals surface area contributed by atoms with Crippen LogP contribution in [0.15, 0.2) is 58.4 Å². The Morgan fingerprint density at radius 2 is 1.62 bits per heavy atom. The second kappa shape index (κ2) is 10.6. The lowest BCUT2D eigenvalue weighted by molar-refractivity contribution is -0.274. The van der Waals surface area contributed by atoms with Crippen LogP contribution in [0.3, 0.4) is 0 Å². The summed E-state index contributed by atoms with van der Waals surface area (Å²) in [5.74, 6) is -0.169. The minimum absolute atomic E-state index is 0. The van der Waals surface area contributed by atoms with Crippen molar-refractivity contribution in [2.45, 2.75) is 24.3 Å². The Morgan fingerprint density at radius 3 is 2.14 bits per heavy atom. The number of alkyl halides is 3. The molecule has 0 aliphatic heterocycles. The Morgan fingerprint density at radius 1 is 1.07 bits per heavy atom. The minimum Gasteiger partial charge on any atom is -0.406 e. The summed E-state index contributed by atoms with van der Waals surface area (Å²) in [5.41, 5.74) is 7.21. The van der Waals surface area contributed by atoms with Gasteiger partial charge in [0.05, 0.1) is 11.4 Å². The molecule has 0 aromatic heterocycles. The van der Waals surface area contributed by atoms with Gasteiger partial charge >= 0.3 is 6.36 Å². The van der Waals surface area contributed by atoms with Crippen molar-refractivity contribution >= 4 is 40.0 Å². The van der Waals surface area contributed by atoms with Crippen LogP contribution < -0.4 is 20.5 Å². The second-order valence-electron chi connectivity index (χ2n) is 5.60. The van der Waals surface area contributed by atoms with Gasteiger partial charge < -0.3 is 15.8 Å². The van der Waals surface area contributed by atoms with Crippen LogP contribution in [0.4, 0.5) is 13.2 Å². The number of halogens is 4. The molecular formula is C17H20F3IN4O3S. The predicted molar refractivity (Wildman–Crippen MR) is 113 cm³/mol. The maximum atomic E-state index is 12.1. The van der Waals surface area contributed by atoms with E-state index in [4.69, 9.17) is 5.73 Å². The highest BCUT2D eigenvalue weighted by atomic mass is 127. The normalized spacial score (nSPS) is 12.2. The molecule has 0 heterocycles. The number of benzene rings is 2. The fraction of sp³-hybridized carbons (Fsp3) is 0.235. The molecule has 0 saturated heterocycles.